The van der Waals surface area contributed by atoms with Gasteiger partial charge < -0.3 is 9.47 Å². The number of nitrogens with one attached hydrogen (secondary N) is 1. The molecule has 0 aliphatic rings. The standard InChI is InChI=1S/C10H9F4NO4/c1-2-18-9(17)5-3-7(19-10(12,13)14)15-8(16)6(5)4-11/h3H,2,4H2,1H3,(H,15,16). The lowest BCUT2D eigenvalue weighted by molar-refractivity contribution is -0.276. The van der Waals surface area contributed by atoms with Gasteiger partial charge in [0, 0.05) is 6.07 Å². The SMILES string of the molecule is CCOC(=O)c1cc(OC(F)(F)F)[nH]c(=O)c1CF. The Morgan fingerprint density at radius 1 is 1.42 bits per heavy atom. The highest BCUT2D eigenvalue weighted by Gasteiger charge is 2.32. The van der Waals surface area contributed by atoms with Gasteiger partial charge in [-0.2, -0.15) is 0 Å². The maximum Gasteiger partial charge on any atom is 0.574 e. The molecule has 106 valence electrons. The second-order valence-electron chi connectivity index (χ2n) is 3.26. The fraction of sp³-hybridized carbons (Fsp3) is 0.400. The van der Waals surface area contributed by atoms with Crippen molar-refractivity contribution in [3.63, 3.8) is 0 Å². The fourth-order valence-electron chi connectivity index (χ4n) is 1.27. The normalized spacial score (nSPS) is 11.2. The van der Waals surface area contributed by atoms with Crippen LogP contribution in [-0.2, 0) is 11.4 Å². The number of rotatable bonds is 4. The minimum atomic E-state index is -5.05. The van der Waals surface area contributed by atoms with E-state index < -0.39 is 41.6 Å². The zero-order valence-electron chi connectivity index (χ0n) is 9.64. The molecule has 1 aromatic heterocycles. The quantitative estimate of drug-likeness (QED) is 0.677. The Hall–Kier alpha value is -2.06. The lowest BCUT2D eigenvalue weighted by Crippen LogP contribution is -2.24. The van der Waals surface area contributed by atoms with Gasteiger partial charge in [0.25, 0.3) is 5.56 Å². The first-order valence-corrected chi connectivity index (χ1v) is 5.03. The third kappa shape index (κ3) is 3.97. The summed E-state index contributed by atoms with van der Waals surface area (Å²) in [5.74, 6) is -2.12. The smallest absolute Gasteiger partial charge is 0.462 e. The van der Waals surface area contributed by atoms with E-state index in [1.807, 2.05) is 0 Å². The van der Waals surface area contributed by atoms with Crippen LogP contribution in [0, 0.1) is 0 Å². The number of aromatic amines is 1. The molecule has 1 heterocycles. The molecule has 0 fully saturated rings. The third-order valence-corrected chi connectivity index (χ3v) is 1.97. The van der Waals surface area contributed by atoms with Crippen LogP contribution in [0.4, 0.5) is 17.6 Å². The first-order chi connectivity index (χ1) is 8.78. The van der Waals surface area contributed by atoms with Gasteiger partial charge in [-0.05, 0) is 6.92 Å². The summed E-state index contributed by atoms with van der Waals surface area (Å²) in [7, 11) is 0. The summed E-state index contributed by atoms with van der Waals surface area (Å²) >= 11 is 0. The molecule has 0 bridgehead atoms. The third-order valence-electron chi connectivity index (χ3n) is 1.97. The van der Waals surface area contributed by atoms with Gasteiger partial charge >= 0.3 is 12.3 Å². The molecule has 0 unspecified atom stereocenters. The summed E-state index contributed by atoms with van der Waals surface area (Å²) in [6.07, 6.45) is -5.05. The molecule has 0 radical (unpaired) electrons. The molecule has 1 N–H and O–H groups in total. The number of esters is 1. The lowest BCUT2D eigenvalue weighted by atomic mass is 10.1. The number of carbonyl (C=O) groups excluding carboxylic acids is 1. The van der Waals surface area contributed by atoms with E-state index in [2.05, 4.69) is 9.47 Å². The first kappa shape index (κ1) is 15.0. The Kier molecular flexibility index (Phi) is 4.52. The minimum Gasteiger partial charge on any atom is -0.462 e. The number of halogens is 4. The molecule has 0 atom stereocenters. The van der Waals surface area contributed by atoms with Gasteiger partial charge in [0.2, 0.25) is 5.88 Å². The van der Waals surface area contributed by atoms with Gasteiger partial charge in [-0.25, -0.2) is 9.18 Å². The Balaban J connectivity index is 3.26. The van der Waals surface area contributed by atoms with E-state index in [9.17, 15) is 27.2 Å². The maximum atomic E-state index is 12.6. The molecule has 9 heteroatoms. The average molecular weight is 283 g/mol. The van der Waals surface area contributed by atoms with E-state index in [0.29, 0.717) is 6.07 Å². The highest BCUT2D eigenvalue weighted by Crippen LogP contribution is 2.22. The summed E-state index contributed by atoms with van der Waals surface area (Å²) in [4.78, 5) is 24.4. The van der Waals surface area contributed by atoms with E-state index in [-0.39, 0.29) is 6.61 Å². The van der Waals surface area contributed by atoms with Crippen molar-refractivity contribution in [1.82, 2.24) is 4.98 Å². The average Bonchev–Trinajstić information content (AvgIpc) is 2.26. The van der Waals surface area contributed by atoms with Crippen molar-refractivity contribution in [3.05, 3.63) is 27.5 Å². The fourth-order valence-corrected chi connectivity index (χ4v) is 1.27. The van der Waals surface area contributed by atoms with Gasteiger partial charge in [-0.3, -0.25) is 9.78 Å². The second kappa shape index (κ2) is 5.72. The Labute approximate surface area is 104 Å². The molecule has 0 aliphatic carbocycles. The highest BCUT2D eigenvalue weighted by atomic mass is 19.4. The number of carbonyl (C=O) groups is 1. The van der Waals surface area contributed by atoms with Crippen LogP contribution in [0.2, 0.25) is 0 Å². The number of alkyl halides is 4. The van der Waals surface area contributed by atoms with Crippen LogP contribution in [-0.4, -0.2) is 23.9 Å². The summed E-state index contributed by atoms with van der Waals surface area (Å²) < 4.78 is 56.6. The Morgan fingerprint density at radius 3 is 2.53 bits per heavy atom. The van der Waals surface area contributed by atoms with E-state index >= 15 is 0 Å². The Bertz CT molecular complexity index is 523. The number of aromatic nitrogens is 1. The molecule has 0 spiro atoms. The van der Waals surface area contributed by atoms with Gasteiger partial charge in [0.15, 0.2) is 0 Å². The molecule has 0 aliphatic heterocycles. The van der Waals surface area contributed by atoms with Crippen molar-refractivity contribution in [2.24, 2.45) is 0 Å². The van der Waals surface area contributed by atoms with Crippen molar-refractivity contribution < 1.29 is 31.8 Å². The predicted octanol–water partition coefficient (Wildman–Crippen LogP) is 1.92. The second-order valence-corrected chi connectivity index (χ2v) is 3.26. The summed E-state index contributed by atoms with van der Waals surface area (Å²) in [5, 5.41) is 0. The largest absolute Gasteiger partial charge is 0.574 e. The molecule has 1 aromatic rings. The van der Waals surface area contributed by atoms with Crippen LogP contribution < -0.4 is 10.3 Å². The van der Waals surface area contributed by atoms with Gasteiger partial charge in [0.05, 0.1) is 17.7 Å². The number of ether oxygens (including phenoxy) is 2. The Morgan fingerprint density at radius 2 is 2.05 bits per heavy atom. The monoisotopic (exact) mass is 283 g/mol. The molecule has 0 amide bonds. The molecular weight excluding hydrogens is 274 g/mol. The topological polar surface area (TPSA) is 68.4 Å². The van der Waals surface area contributed by atoms with Gasteiger partial charge in [-0.15, -0.1) is 13.2 Å². The van der Waals surface area contributed by atoms with E-state index in [4.69, 9.17) is 0 Å². The minimum absolute atomic E-state index is 0.0766. The van der Waals surface area contributed by atoms with Crippen molar-refractivity contribution in [1.29, 1.82) is 0 Å². The molecule has 0 saturated carbocycles. The summed E-state index contributed by atoms with van der Waals surface area (Å²) in [6.45, 7) is 0.0515. The number of hydrogen-bond donors (Lipinski definition) is 1. The first-order valence-electron chi connectivity index (χ1n) is 5.03. The molecule has 5 nitrogen and oxygen atoms in total. The molecule has 19 heavy (non-hydrogen) atoms. The van der Waals surface area contributed by atoms with Crippen molar-refractivity contribution >= 4 is 5.97 Å². The maximum absolute atomic E-state index is 12.6. The van der Waals surface area contributed by atoms with Crippen LogP contribution in [0.5, 0.6) is 5.88 Å². The molecule has 1 rings (SSSR count). The number of H-pyrrole nitrogens is 1. The highest BCUT2D eigenvalue weighted by molar-refractivity contribution is 5.91. The van der Waals surface area contributed by atoms with Crippen LogP contribution in [0.1, 0.15) is 22.8 Å². The van der Waals surface area contributed by atoms with E-state index in [0.717, 1.165) is 0 Å². The number of hydrogen-bond acceptors (Lipinski definition) is 4. The van der Waals surface area contributed by atoms with Crippen LogP contribution in [0.3, 0.4) is 0 Å². The van der Waals surface area contributed by atoms with Crippen molar-refractivity contribution in [2.75, 3.05) is 6.61 Å². The van der Waals surface area contributed by atoms with Crippen molar-refractivity contribution in [2.45, 2.75) is 20.0 Å². The predicted molar refractivity (Wildman–Crippen MR) is 54.5 cm³/mol. The lowest BCUT2D eigenvalue weighted by Gasteiger charge is -2.11. The zero-order valence-corrected chi connectivity index (χ0v) is 9.64. The van der Waals surface area contributed by atoms with Crippen LogP contribution in [0.25, 0.3) is 0 Å². The van der Waals surface area contributed by atoms with Gasteiger partial charge in [0.1, 0.15) is 6.67 Å². The van der Waals surface area contributed by atoms with Crippen LogP contribution >= 0.6 is 0 Å². The van der Waals surface area contributed by atoms with E-state index in [1.54, 1.807) is 4.98 Å². The van der Waals surface area contributed by atoms with Crippen LogP contribution in [0.15, 0.2) is 10.9 Å². The van der Waals surface area contributed by atoms with Crippen molar-refractivity contribution in [3.8, 4) is 5.88 Å². The molecule has 0 aromatic carbocycles. The molecular formula is C10H9F4NO4. The van der Waals surface area contributed by atoms with E-state index in [1.165, 1.54) is 6.92 Å². The summed E-state index contributed by atoms with van der Waals surface area (Å²) in [6, 6.07) is 0.571. The zero-order chi connectivity index (χ0) is 14.6. The summed E-state index contributed by atoms with van der Waals surface area (Å²) in [5.41, 5.74) is -2.41. The number of pyridine rings is 1. The molecule has 0 saturated heterocycles. The van der Waals surface area contributed by atoms with Gasteiger partial charge in [-0.1, -0.05) is 0 Å².